The summed E-state index contributed by atoms with van der Waals surface area (Å²) in [6, 6.07) is 0. The van der Waals surface area contributed by atoms with Crippen molar-refractivity contribution < 1.29 is 4.79 Å². The van der Waals surface area contributed by atoms with Gasteiger partial charge < -0.3 is 4.90 Å². The average Bonchev–Trinajstić information content (AvgIpc) is 2.80. The monoisotopic (exact) mass is 253 g/mol. The van der Waals surface area contributed by atoms with Crippen LogP contribution >= 0.6 is 11.8 Å². The highest BCUT2D eigenvalue weighted by Crippen LogP contribution is 2.24. The quantitative estimate of drug-likeness (QED) is 0.837. The zero-order valence-electron chi connectivity index (χ0n) is 9.88. The van der Waals surface area contributed by atoms with E-state index in [1.165, 1.54) is 4.90 Å². The Kier molecular flexibility index (Phi) is 3.46. The summed E-state index contributed by atoms with van der Waals surface area (Å²) >= 11 is 1.64. The maximum Gasteiger partial charge on any atom is 0.229 e. The van der Waals surface area contributed by atoms with Gasteiger partial charge in [-0.15, -0.1) is 16.9 Å². The van der Waals surface area contributed by atoms with Crippen molar-refractivity contribution in [3.05, 3.63) is 11.9 Å². The number of likely N-dealkylation sites (tertiary alicyclic amines) is 1. The SMILES string of the molecule is CN1C(=N)C(SCCc2cn(C)nn2)CC1=O. The van der Waals surface area contributed by atoms with Crippen LogP contribution in [0.2, 0.25) is 0 Å². The normalized spacial score (nSPS) is 20.4. The molecule has 1 aromatic heterocycles. The molecule has 0 bridgehead atoms. The Bertz CT molecular complexity index is 444. The number of aryl methyl sites for hydroxylation is 2. The minimum Gasteiger partial charge on any atom is -0.303 e. The van der Waals surface area contributed by atoms with Crippen molar-refractivity contribution >= 4 is 23.5 Å². The van der Waals surface area contributed by atoms with Crippen molar-refractivity contribution in [2.45, 2.75) is 18.1 Å². The maximum atomic E-state index is 11.4. The first-order valence-corrected chi connectivity index (χ1v) is 6.44. The number of thioether (sulfide) groups is 1. The van der Waals surface area contributed by atoms with E-state index in [-0.39, 0.29) is 11.2 Å². The molecule has 92 valence electrons. The molecule has 0 spiro atoms. The molecule has 1 unspecified atom stereocenters. The Morgan fingerprint density at radius 3 is 2.88 bits per heavy atom. The molecule has 2 heterocycles. The largest absolute Gasteiger partial charge is 0.303 e. The Morgan fingerprint density at radius 2 is 2.35 bits per heavy atom. The zero-order valence-corrected chi connectivity index (χ0v) is 10.7. The minimum atomic E-state index is 0.00386. The number of nitrogens with zero attached hydrogens (tertiary/aromatic N) is 4. The van der Waals surface area contributed by atoms with Gasteiger partial charge in [0.2, 0.25) is 5.91 Å². The molecule has 1 amide bonds. The first-order chi connectivity index (χ1) is 8.08. The highest BCUT2D eigenvalue weighted by atomic mass is 32.2. The number of carbonyl (C=O) groups is 1. The van der Waals surface area contributed by atoms with E-state index in [0.29, 0.717) is 12.3 Å². The van der Waals surface area contributed by atoms with Crippen LogP contribution in [0.25, 0.3) is 0 Å². The molecule has 1 aliphatic rings. The van der Waals surface area contributed by atoms with Crippen molar-refractivity contribution in [3.8, 4) is 0 Å². The van der Waals surface area contributed by atoms with E-state index in [1.807, 2.05) is 13.2 Å². The molecule has 17 heavy (non-hydrogen) atoms. The predicted molar refractivity (Wildman–Crippen MR) is 66.1 cm³/mol. The van der Waals surface area contributed by atoms with Crippen LogP contribution < -0.4 is 0 Å². The molecule has 1 aliphatic heterocycles. The van der Waals surface area contributed by atoms with E-state index in [4.69, 9.17) is 5.41 Å². The molecule has 0 aromatic carbocycles. The van der Waals surface area contributed by atoms with Gasteiger partial charge in [-0.3, -0.25) is 14.9 Å². The number of aromatic nitrogens is 3. The molecule has 0 saturated carbocycles. The van der Waals surface area contributed by atoms with E-state index in [0.717, 1.165) is 17.9 Å². The molecule has 1 fully saturated rings. The Morgan fingerprint density at radius 1 is 1.59 bits per heavy atom. The van der Waals surface area contributed by atoms with Gasteiger partial charge in [-0.25, -0.2) is 0 Å². The fourth-order valence-corrected chi connectivity index (χ4v) is 2.88. The fraction of sp³-hybridized carbons (Fsp3) is 0.600. The first-order valence-electron chi connectivity index (χ1n) is 5.39. The maximum absolute atomic E-state index is 11.4. The third-order valence-electron chi connectivity index (χ3n) is 2.73. The Hall–Kier alpha value is -1.37. The number of hydrogen-bond acceptors (Lipinski definition) is 5. The van der Waals surface area contributed by atoms with Crippen LogP contribution in [-0.2, 0) is 18.3 Å². The van der Waals surface area contributed by atoms with Crippen LogP contribution in [0.4, 0.5) is 0 Å². The van der Waals surface area contributed by atoms with E-state index >= 15 is 0 Å². The van der Waals surface area contributed by atoms with Gasteiger partial charge in [0.15, 0.2) is 0 Å². The molecule has 0 aliphatic carbocycles. The highest BCUT2D eigenvalue weighted by Gasteiger charge is 2.32. The molecule has 1 atom stereocenters. The number of amidine groups is 1. The third kappa shape index (κ3) is 2.66. The van der Waals surface area contributed by atoms with E-state index < -0.39 is 0 Å². The Balaban J connectivity index is 1.80. The second-order valence-corrected chi connectivity index (χ2v) is 5.35. The lowest BCUT2D eigenvalue weighted by Crippen LogP contribution is -2.26. The van der Waals surface area contributed by atoms with Gasteiger partial charge in [0.1, 0.15) is 5.84 Å². The van der Waals surface area contributed by atoms with Crippen LogP contribution in [0, 0.1) is 5.41 Å². The molecule has 1 aromatic rings. The van der Waals surface area contributed by atoms with Crippen LogP contribution in [0.3, 0.4) is 0 Å². The fourth-order valence-electron chi connectivity index (χ4n) is 1.70. The van der Waals surface area contributed by atoms with Crippen molar-refractivity contribution in [2.75, 3.05) is 12.8 Å². The predicted octanol–water partition coefficient (Wildman–Crippen LogP) is 0.299. The van der Waals surface area contributed by atoms with Crippen LogP contribution in [0.1, 0.15) is 12.1 Å². The van der Waals surface area contributed by atoms with Crippen LogP contribution in [0.15, 0.2) is 6.20 Å². The number of carbonyl (C=O) groups excluding carboxylic acids is 1. The number of rotatable bonds is 4. The second kappa shape index (κ2) is 4.87. The van der Waals surface area contributed by atoms with E-state index in [9.17, 15) is 4.79 Å². The molecule has 1 N–H and O–H groups in total. The first kappa shape index (κ1) is 12.1. The summed E-state index contributed by atoms with van der Waals surface area (Å²) in [7, 11) is 3.50. The molecule has 0 radical (unpaired) electrons. The summed E-state index contributed by atoms with van der Waals surface area (Å²) in [5, 5.41) is 15.6. The lowest BCUT2D eigenvalue weighted by atomic mass is 10.3. The van der Waals surface area contributed by atoms with Gasteiger partial charge in [-0.2, -0.15) is 0 Å². The number of hydrogen-bond donors (Lipinski definition) is 1. The molecular formula is C10H15N5OS. The number of nitrogens with one attached hydrogen (secondary N) is 1. The topological polar surface area (TPSA) is 74.9 Å². The number of amides is 1. The summed E-state index contributed by atoms with van der Waals surface area (Å²) in [5.41, 5.74) is 0.948. The van der Waals surface area contributed by atoms with Crippen molar-refractivity contribution in [2.24, 2.45) is 7.05 Å². The van der Waals surface area contributed by atoms with Gasteiger partial charge in [0.05, 0.1) is 10.9 Å². The lowest BCUT2D eigenvalue weighted by molar-refractivity contribution is -0.124. The van der Waals surface area contributed by atoms with E-state index in [2.05, 4.69) is 10.3 Å². The van der Waals surface area contributed by atoms with Gasteiger partial charge in [0.25, 0.3) is 0 Å². The lowest BCUT2D eigenvalue weighted by Gasteiger charge is -2.10. The molecule has 2 rings (SSSR count). The molecule has 1 saturated heterocycles. The smallest absolute Gasteiger partial charge is 0.229 e. The summed E-state index contributed by atoms with van der Waals surface area (Å²) in [6.45, 7) is 0. The highest BCUT2D eigenvalue weighted by molar-refractivity contribution is 8.00. The summed E-state index contributed by atoms with van der Waals surface area (Å²) in [4.78, 5) is 12.8. The molecule has 6 nitrogen and oxygen atoms in total. The summed E-state index contributed by atoms with van der Waals surface area (Å²) < 4.78 is 1.68. The Labute approximate surface area is 104 Å². The van der Waals surface area contributed by atoms with Gasteiger partial charge in [0, 0.05) is 33.1 Å². The van der Waals surface area contributed by atoms with Crippen LogP contribution in [0.5, 0.6) is 0 Å². The third-order valence-corrected chi connectivity index (χ3v) is 3.96. The van der Waals surface area contributed by atoms with Crippen molar-refractivity contribution in [1.29, 1.82) is 5.41 Å². The van der Waals surface area contributed by atoms with Gasteiger partial charge >= 0.3 is 0 Å². The summed E-state index contributed by atoms with van der Waals surface area (Å²) in [5.74, 6) is 1.30. The standard InChI is InChI=1S/C10H15N5OS/c1-14-6-7(12-13-14)3-4-17-8-5-9(16)15(2)10(8)11/h6,8,11H,3-5H2,1-2H3. The minimum absolute atomic E-state index is 0.00386. The van der Waals surface area contributed by atoms with Gasteiger partial charge in [-0.1, -0.05) is 5.21 Å². The molecule has 7 heteroatoms. The van der Waals surface area contributed by atoms with Crippen molar-refractivity contribution in [3.63, 3.8) is 0 Å². The second-order valence-electron chi connectivity index (χ2n) is 4.04. The van der Waals surface area contributed by atoms with E-state index in [1.54, 1.807) is 23.5 Å². The van der Waals surface area contributed by atoms with Crippen molar-refractivity contribution in [1.82, 2.24) is 19.9 Å². The summed E-state index contributed by atoms with van der Waals surface area (Å²) in [6.07, 6.45) is 3.15. The molecular weight excluding hydrogens is 238 g/mol. The van der Waals surface area contributed by atoms with Gasteiger partial charge in [-0.05, 0) is 5.75 Å². The average molecular weight is 253 g/mol. The zero-order chi connectivity index (χ0) is 12.4. The van der Waals surface area contributed by atoms with Crippen LogP contribution in [-0.4, -0.2) is 49.7 Å².